The summed E-state index contributed by atoms with van der Waals surface area (Å²) in [7, 11) is 0. The van der Waals surface area contributed by atoms with Gasteiger partial charge in [0.25, 0.3) is 0 Å². The maximum Gasteiger partial charge on any atom is 0.233 e. The fourth-order valence-corrected chi connectivity index (χ4v) is 3.97. The molecule has 4 nitrogen and oxygen atoms in total. The SMILES string of the molecule is CCN(CC)CCN1C(=O)C2C3C=CC(C3)C2C1=O.Cl. The van der Waals surface area contributed by atoms with Gasteiger partial charge in [0, 0.05) is 13.1 Å². The van der Waals surface area contributed by atoms with Gasteiger partial charge in [-0.15, -0.1) is 12.4 Å². The van der Waals surface area contributed by atoms with Crippen LogP contribution in [0.15, 0.2) is 12.2 Å². The monoisotopic (exact) mass is 298 g/mol. The van der Waals surface area contributed by atoms with Crippen molar-refractivity contribution in [3.8, 4) is 0 Å². The van der Waals surface area contributed by atoms with Crippen LogP contribution in [0, 0.1) is 23.7 Å². The van der Waals surface area contributed by atoms with Crippen LogP contribution >= 0.6 is 12.4 Å². The van der Waals surface area contributed by atoms with Crippen molar-refractivity contribution in [2.24, 2.45) is 23.7 Å². The number of carbonyl (C=O) groups excluding carboxylic acids is 2. The molecule has 3 aliphatic rings. The Morgan fingerprint density at radius 1 is 1.10 bits per heavy atom. The molecule has 2 amide bonds. The van der Waals surface area contributed by atoms with Gasteiger partial charge in [0.15, 0.2) is 0 Å². The summed E-state index contributed by atoms with van der Waals surface area (Å²) in [5, 5.41) is 0. The van der Waals surface area contributed by atoms with Crippen LogP contribution in [0.5, 0.6) is 0 Å². The van der Waals surface area contributed by atoms with Crippen LogP contribution in [-0.2, 0) is 9.59 Å². The third-order valence-electron chi connectivity index (χ3n) is 5.10. The van der Waals surface area contributed by atoms with Gasteiger partial charge in [0.2, 0.25) is 11.8 Å². The van der Waals surface area contributed by atoms with Gasteiger partial charge in [0.05, 0.1) is 11.8 Å². The number of hydrogen-bond donors (Lipinski definition) is 0. The van der Waals surface area contributed by atoms with Crippen molar-refractivity contribution in [3.05, 3.63) is 12.2 Å². The lowest BCUT2D eigenvalue weighted by atomic mass is 9.85. The number of likely N-dealkylation sites (N-methyl/N-ethyl adjacent to an activating group) is 1. The lowest BCUT2D eigenvalue weighted by molar-refractivity contribution is -0.140. The summed E-state index contributed by atoms with van der Waals surface area (Å²) in [6.45, 7) is 7.50. The molecule has 0 aromatic carbocycles. The zero-order chi connectivity index (χ0) is 13.6. The summed E-state index contributed by atoms with van der Waals surface area (Å²) in [4.78, 5) is 28.6. The molecule has 1 saturated carbocycles. The first-order valence-electron chi connectivity index (χ1n) is 7.43. The molecule has 2 fully saturated rings. The molecule has 0 radical (unpaired) electrons. The fourth-order valence-electron chi connectivity index (χ4n) is 3.97. The van der Waals surface area contributed by atoms with Gasteiger partial charge in [-0.3, -0.25) is 14.5 Å². The maximum atomic E-state index is 12.4. The average molecular weight is 299 g/mol. The number of halogens is 1. The first kappa shape index (κ1) is 15.5. The Bertz CT molecular complexity index is 404. The molecule has 1 aliphatic heterocycles. The second kappa shape index (κ2) is 5.86. The molecule has 0 aromatic heterocycles. The molecule has 112 valence electrons. The molecule has 3 rings (SSSR count). The van der Waals surface area contributed by atoms with Crippen molar-refractivity contribution in [1.82, 2.24) is 9.80 Å². The number of rotatable bonds is 5. The van der Waals surface area contributed by atoms with Crippen LogP contribution in [0.1, 0.15) is 20.3 Å². The van der Waals surface area contributed by atoms with E-state index in [9.17, 15) is 9.59 Å². The van der Waals surface area contributed by atoms with E-state index < -0.39 is 0 Å². The number of fused-ring (bicyclic) bond motifs is 5. The smallest absolute Gasteiger partial charge is 0.233 e. The molecule has 4 atom stereocenters. The van der Waals surface area contributed by atoms with Gasteiger partial charge < -0.3 is 4.90 Å². The fraction of sp³-hybridized carbons (Fsp3) is 0.733. The molecule has 20 heavy (non-hydrogen) atoms. The Hall–Kier alpha value is -0.870. The van der Waals surface area contributed by atoms with Gasteiger partial charge >= 0.3 is 0 Å². The minimum atomic E-state index is -0.0424. The highest BCUT2D eigenvalue weighted by molar-refractivity contribution is 6.06. The molecule has 1 heterocycles. The van der Waals surface area contributed by atoms with Crippen LogP contribution in [0.2, 0.25) is 0 Å². The van der Waals surface area contributed by atoms with E-state index in [0.717, 1.165) is 26.1 Å². The molecule has 2 bridgehead atoms. The second-order valence-corrected chi connectivity index (χ2v) is 5.85. The number of hydrogen-bond acceptors (Lipinski definition) is 3. The lowest BCUT2D eigenvalue weighted by Crippen LogP contribution is -2.39. The Morgan fingerprint density at radius 2 is 1.60 bits per heavy atom. The molecule has 4 unspecified atom stereocenters. The van der Waals surface area contributed by atoms with E-state index >= 15 is 0 Å². The van der Waals surface area contributed by atoms with Gasteiger partial charge in [-0.25, -0.2) is 0 Å². The first-order valence-corrected chi connectivity index (χ1v) is 7.43. The number of likely N-dealkylation sites (tertiary alicyclic amines) is 1. The van der Waals surface area contributed by atoms with E-state index in [1.54, 1.807) is 0 Å². The number of carbonyl (C=O) groups is 2. The van der Waals surface area contributed by atoms with E-state index in [0.29, 0.717) is 18.4 Å². The molecular weight excluding hydrogens is 276 g/mol. The highest BCUT2D eigenvalue weighted by Crippen LogP contribution is 2.52. The Labute approximate surface area is 126 Å². The van der Waals surface area contributed by atoms with Gasteiger partial charge in [0.1, 0.15) is 0 Å². The van der Waals surface area contributed by atoms with Crippen LogP contribution in [0.3, 0.4) is 0 Å². The van der Waals surface area contributed by atoms with Crippen molar-refractivity contribution in [2.45, 2.75) is 20.3 Å². The predicted octanol–water partition coefficient (Wildman–Crippen LogP) is 1.56. The van der Waals surface area contributed by atoms with Crippen molar-refractivity contribution in [2.75, 3.05) is 26.2 Å². The number of imide groups is 1. The first-order chi connectivity index (χ1) is 9.17. The molecular formula is C15H23ClN2O2. The predicted molar refractivity (Wildman–Crippen MR) is 79.5 cm³/mol. The minimum Gasteiger partial charge on any atom is -0.302 e. The molecule has 0 N–H and O–H groups in total. The summed E-state index contributed by atoms with van der Waals surface area (Å²) >= 11 is 0. The highest BCUT2D eigenvalue weighted by Gasteiger charge is 2.58. The highest BCUT2D eigenvalue weighted by atomic mass is 35.5. The summed E-state index contributed by atoms with van der Waals surface area (Å²) in [5.74, 6) is 0.728. The quantitative estimate of drug-likeness (QED) is 0.571. The number of nitrogens with zero attached hydrogens (tertiary/aromatic N) is 2. The summed E-state index contributed by atoms with van der Waals surface area (Å²) < 4.78 is 0. The largest absolute Gasteiger partial charge is 0.302 e. The molecule has 1 saturated heterocycles. The minimum absolute atomic E-state index is 0. The van der Waals surface area contributed by atoms with Crippen LogP contribution < -0.4 is 0 Å². The standard InChI is InChI=1S/C15H22N2O2.ClH/c1-3-16(4-2)7-8-17-14(18)12-10-5-6-11(9-10)13(12)15(17)19;/h5-6,10-13H,3-4,7-9H2,1-2H3;1H. The lowest BCUT2D eigenvalue weighted by Gasteiger charge is -2.22. The average Bonchev–Trinajstić information content (AvgIpc) is 3.08. The summed E-state index contributed by atoms with van der Waals surface area (Å²) in [5.41, 5.74) is 0. The van der Waals surface area contributed by atoms with E-state index in [-0.39, 0.29) is 36.1 Å². The normalized spacial score (nSPS) is 34.0. The second-order valence-electron chi connectivity index (χ2n) is 5.85. The third kappa shape index (κ3) is 2.19. The number of amides is 2. The summed E-state index contributed by atoms with van der Waals surface area (Å²) in [6, 6.07) is 0. The van der Waals surface area contributed by atoms with Gasteiger partial charge in [-0.2, -0.15) is 0 Å². The molecule has 0 spiro atoms. The zero-order valence-electron chi connectivity index (χ0n) is 12.1. The van der Waals surface area contributed by atoms with Crippen LogP contribution in [0.4, 0.5) is 0 Å². The summed E-state index contributed by atoms with van der Waals surface area (Å²) in [6.07, 6.45) is 5.30. The topological polar surface area (TPSA) is 40.6 Å². The van der Waals surface area contributed by atoms with E-state index in [4.69, 9.17) is 0 Å². The van der Waals surface area contributed by atoms with Crippen LogP contribution in [-0.4, -0.2) is 47.8 Å². The van der Waals surface area contributed by atoms with E-state index in [1.165, 1.54) is 4.90 Å². The van der Waals surface area contributed by atoms with E-state index in [1.807, 2.05) is 0 Å². The molecule has 2 aliphatic carbocycles. The Balaban J connectivity index is 0.00000147. The van der Waals surface area contributed by atoms with Crippen LogP contribution in [0.25, 0.3) is 0 Å². The molecule has 0 aromatic rings. The van der Waals surface area contributed by atoms with Crippen molar-refractivity contribution in [1.29, 1.82) is 0 Å². The number of allylic oxidation sites excluding steroid dienone is 2. The third-order valence-corrected chi connectivity index (χ3v) is 5.10. The van der Waals surface area contributed by atoms with E-state index in [2.05, 4.69) is 30.9 Å². The maximum absolute atomic E-state index is 12.4. The molecule has 5 heteroatoms. The van der Waals surface area contributed by atoms with Gasteiger partial charge in [-0.05, 0) is 31.3 Å². The van der Waals surface area contributed by atoms with Gasteiger partial charge in [-0.1, -0.05) is 26.0 Å². The van der Waals surface area contributed by atoms with Crippen molar-refractivity contribution >= 4 is 24.2 Å². The Kier molecular flexibility index (Phi) is 4.55. The van der Waals surface area contributed by atoms with Crippen molar-refractivity contribution in [3.63, 3.8) is 0 Å². The van der Waals surface area contributed by atoms with Crippen molar-refractivity contribution < 1.29 is 9.59 Å². The Morgan fingerprint density at radius 3 is 2.05 bits per heavy atom. The zero-order valence-corrected chi connectivity index (χ0v) is 12.9.